The van der Waals surface area contributed by atoms with Crippen LogP contribution in [0.25, 0.3) is 0 Å². The lowest BCUT2D eigenvalue weighted by Gasteiger charge is -2.44. The van der Waals surface area contributed by atoms with E-state index in [1.54, 1.807) is 5.57 Å². The van der Waals surface area contributed by atoms with Gasteiger partial charge < -0.3 is 15.6 Å². The molecule has 0 amide bonds. The molecule has 3 aliphatic rings. The van der Waals surface area contributed by atoms with Crippen molar-refractivity contribution in [1.82, 2.24) is 0 Å². The van der Waals surface area contributed by atoms with Crippen LogP contribution in [0.1, 0.15) is 92.4 Å². The number of rotatable bonds is 9. The summed E-state index contributed by atoms with van der Waals surface area (Å²) in [6.45, 7) is 16.7. The molecule has 0 bridgehead atoms. The van der Waals surface area contributed by atoms with E-state index in [9.17, 15) is 5.11 Å². The Morgan fingerprint density at radius 2 is 1.94 bits per heavy atom. The number of allylic oxidation sites excluding steroid dienone is 5. The van der Waals surface area contributed by atoms with Crippen LogP contribution in [0, 0.1) is 29.1 Å². The van der Waals surface area contributed by atoms with E-state index in [2.05, 4.69) is 51.7 Å². The van der Waals surface area contributed by atoms with Crippen LogP contribution in [0.15, 0.2) is 47.6 Å². The van der Waals surface area contributed by atoms with Gasteiger partial charge in [0.25, 0.3) is 0 Å². The SMILES string of the molecule is C=C1CCC(OCCCN)CC1=CC=C1CCCC2(C)C1CCC2C(C)C=CC(C)C(C)(C)O. The number of fused-ring (bicyclic) bond motifs is 1. The molecule has 3 N–H and O–H groups in total. The Balaban J connectivity index is 1.70. The second-order valence-corrected chi connectivity index (χ2v) is 12.2. The van der Waals surface area contributed by atoms with Crippen molar-refractivity contribution < 1.29 is 9.84 Å². The lowest BCUT2D eigenvalue weighted by atomic mass is 9.61. The first-order chi connectivity index (χ1) is 16.1. The minimum absolute atomic E-state index is 0.167. The van der Waals surface area contributed by atoms with Gasteiger partial charge in [-0.25, -0.2) is 0 Å². The van der Waals surface area contributed by atoms with Crippen LogP contribution in [0.2, 0.25) is 0 Å². The van der Waals surface area contributed by atoms with Gasteiger partial charge in [0, 0.05) is 12.5 Å². The average Bonchev–Trinajstić information content (AvgIpc) is 3.14. The van der Waals surface area contributed by atoms with Crippen molar-refractivity contribution in [1.29, 1.82) is 0 Å². The van der Waals surface area contributed by atoms with E-state index in [4.69, 9.17) is 10.5 Å². The van der Waals surface area contributed by atoms with Gasteiger partial charge in [-0.1, -0.05) is 62.8 Å². The predicted octanol–water partition coefficient (Wildman–Crippen LogP) is 7.13. The Bertz CT molecular complexity index is 786. The summed E-state index contributed by atoms with van der Waals surface area (Å²) in [6.07, 6.45) is 20.3. The van der Waals surface area contributed by atoms with Crippen LogP contribution in [0.4, 0.5) is 0 Å². The molecule has 3 saturated carbocycles. The second-order valence-electron chi connectivity index (χ2n) is 12.2. The maximum absolute atomic E-state index is 10.3. The Morgan fingerprint density at radius 3 is 2.65 bits per heavy atom. The highest BCUT2D eigenvalue weighted by molar-refractivity contribution is 5.36. The largest absolute Gasteiger partial charge is 0.390 e. The molecule has 0 aromatic carbocycles. The zero-order valence-corrected chi connectivity index (χ0v) is 22.6. The third kappa shape index (κ3) is 6.53. The van der Waals surface area contributed by atoms with Crippen LogP contribution in [0.5, 0.6) is 0 Å². The first kappa shape index (κ1) is 27.4. The van der Waals surface area contributed by atoms with E-state index in [-0.39, 0.29) is 5.92 Å². The topological polar surface area (TPSA) is 55.5 Å². The molecule has 6 unspecified atom stereocenters. The van der Waals surface area contributed by atoms with Crippen molar-refractivity contribution in [2.75, 3.05) is 13.2 Å². The normalized spacial score (nSPS) is 34.7. The van der Waals surface area contributed by atoms with Gasteiger partial charge in [-0.05, 0) is 107 Å². The summed E-state index contributed by atoms with van der Waals surface area (Å²) in [4.78, 5) is 0. The van der Waals surface area contributed by atoms with Gasteiger partial charge in [-0.3, -0.25) is 0 Å². The van der Waals surface area contributed by atoms with Gasteiger partial charge in [0.1, 0.15) is 0 Å². The van der Waals surface area contributed by atoms with E-state index in [0.29, 0.717) is 35.8 Å². The van der Waals surface area contributed by atoms with Crippen molar-refractivity contribution in [3.8, 4) is 0 Å². The highest BCUT2D eigenvalue weighted by Gasteiger charge is 2.50. The minimum Gasteiger partial charge on any atom is -0.390 e. The molecule has 3 heteroatoms. The minimum atomic E-state index is -0.663. The molecule has 0 aromatic rings. The van der Waals surface area contributed by atoms with Gasteiger partial charge in [0.2, 0.25) is 0 Å². The first-order valence-corrected chi connectivity index (χ1v) is 13.9. The Hall–Kier alpha value is -1.16. The summed E-state index contributed by atoms with van der Waals surface area (Å²) in [6, 6.07) is 0. The number of nitrogens with two attached hydrogens (primary N) is 1. The molecule has 0 spiro atoms. The molecule has 6 atom stereocenters. The summed E-state index contributed by atoms with van der Waals surface area (Å²) in [5, 5.41) is 10.3. The first-order valence-electron chi connectivity index (χ1n) is 13.9. The quantitative estimate of drug-likeness (QED) is 0.279. The molecular weight excluding hydrogens is 418 g/mol. The highest BCUT2D eigenvalue weighted by atomic mass is 16.5. The molecule has 3 aliphatic carbocycles. The van der Waals surface area contributed by atoms with Gasteiger partial charge in [-0.2, -0.15) is 0 Å². The Labute approximate surface area is 209 Å². The van der Waals surface area contributed by atoms with E-state index < -0.39 is 5.60 Å². The van der Waals surface area contributed by atoms with Crippen LogP contribution in [-0.2, 0) is 4.74 Å². The van der Waals surface area contributed by atoms with E-state index in [1.807, 2.05) is 13.8 Å². The summed E-state index contributed by atoms with van der Waals surface area (Å²) in [5.41, 5.74) is 9.67. The van der Waals surface area contributed by atoms with Crippen molar-refractivity contribution >= 4 is 0 Å². The molecule has 0 aliphatic heterocycles. The van der Waals surface area contributed by atoms with Gasteiger partial charge >= 0.3 is 0 Å². The second kappa shape index (κ2) is 11.7. The summed E-state index contributed by atoms with van der Waals surface area (Å²) in [7, 11) is 0. The van der Waals surface area contributed by atoms with E-state index in [0.717, 1.165) is 32.3 Å². The van der Waals surface area contributed by atoms with E-state index >= 15 is 0 Å². The number of hydrogen-bond donors (Lipinski definition) is 2. The van der Waals surface area contributed by atoms with Crippen molar-refractivity contribution in [2.24, 2.45) is 34.8 Å². The maximum atomic E-state index is 10.3. The standard InChI is InChI=1S/C31H51NO2/c1-22-11-15-27(34-20-8-19-32)21-26(22)14-13-25-9-7-18-31(6)28(16-17-29(25)31)23(2)10-12-24(3)30(4,5)33/h10,12-14,23-24,27-29,33H,1,7-9,11,15-21,32H2,2-6H3. The molecule has 3 rings (SSSR count). The Kier molecular flexibility index (Phi) is 9.45. The van der Waals surface area contributed by atoms with Gasteiger partial charge in [0.15, 0.2) is 0 Å². The number of hydrogen-bond acceptors (Lipinski definition) is 3. The molecule has 3 nitrogen and oxygen atoms in total. The predicted molar refractivity (Wildman–Crippen MR) is 145 cm³/mol. The molecule has 0 saturated heterocycles. The van der Waals surface area contributed by atoms with E-state index in [1.165, 1.54) is 43.3 Å². The number of aliphatic hydroxyl groups is 1. The molecular formula is C31H51NO2. The monoisotopic (exact) mass is 469 g/mol. The number of ether oxygens (including phenoxy) is 1. The zero-order chi connectivity index (χ0) is 24.9. The fourth-order valence-electron chi connectivity index (χ4n) is 6.71. The highest BCUT2D eigenvalue weighted by Crippen LogP contribution is 2.59. The van der Waals surface area contributed by atoms with Crippen molar-refractivity contribution in [3.63, 3.8) is 0 Å². The van der Waals surface area contributed by atoms with Crippen molar-refractivity contribution in [2.45, 2.75) is 104 Å². The summed E-state index contributed by atoms with van der Waals surface area (Å²) < 4.78 is 6.08. The van der Waals surface area contributed by atoms with Crippen LogP contribution >= 0.6 is 0 Å². The molecule has 0 heterocycles. The summed E-state index contributed by atoms with van der Waals surface area (Å²) >= 11 is 0. The fourth-order valence-corrected chi connectivity index (χ4v) is 6.71. The average molecular weight is 470 g/mol. The summed E-state index contributed by atoms with van der Waals surface area (Å²) in [5.74, 6) is 2.12. The third-order valence-electron chi connectivity index (χ3n) is 9.36. The van der Waals surface area contributed by atoms with Crippen LogP contribution in [0.3, 0.4) is 0 Å². The third-order valence-corrected chi connectivity index (χ3v) is 9.36. The van der Waals surface area contributed by atoms with Crippen LogP contribution < -0.4 is 5.73 Å². The Morgan fingerprint density at radius 1 is 1.18 bits per heavy atom. The fraction of sp³-hybridized carbons (Fsp3) is 0.742. The van der Waals surface area contributed by atoms with Gasteiger partial charge in [-0.15, -0.1) is 0 Å². The molecule has 34 heavy (non-hydrogen) atoms. The maximum Gasteiger partial charge on any atom is 0.0651 e. The molecule has 192 valence electrons. The lowest BCUT2D eigenvalue weighted by molar-refractivity contribution is 0.0433. The zero-order valence-electron chi connectivity index (χ0n) is 22.6. The molecule has 0 aromatic heterocycles. The van der Waals surface area contributed by atoms with Gasteiger partial charge in [0.05, 0.1) is 11.7 Å². The van der Waals surface area contributed by atoms with Crippen molar-refractivity contribution in [3.05, 3.63) is 47.6 Å². The smallest absolute Gasteiger partial charge is 0.0651 e. The van der Waals surface area contributed by atoms with Crippen LogP contribution in [-0.4, -0.2) is 30.0 Å². The lowest BCUT2D eigenvalue weighted by Crippen LogP contribution is -2.35. The molecule has 0 radical (unpaired) electrons. The molecule has 3 fully saturated rings.